The number of carbonyl (C=O) groups excluding carboxylic acids is 2. The third-order valence-electron chi connectivity index (χ3n) is 4.46. The highest BCUT2D eigenvalue weighted by Crippen LogP contribution is 2.34. The molecule has 1 aromatic carbocycles. The third-order valence-corrected chi connectivity index (χ3v) is 4.46. The van der Waals surface area contributed by atoms with Gasteiger partial charge in [0.25, 0.3) is 5.91 Å². The van der Waals surface area contributed by atoms with E-state index in [1.54, 1.807) is 17.0 Å². The highest BCUT2D eigenvalue weighted by atomic mass is 16.5. The number of hydrogen-bond donors (Lipinski definition) is 1. The first-order chi connectivity index (χ1) is 12.9. The summed E-state index contributed by atoms with van der Waals surface area (Å²) in [6, 6.07) is 12.7. The van der Waals surface area contributed by atoms with Gasteiger partial charge in [-0.1, -0.05) is 32.0 Å². The summed E-state index contributed by atoms with van der Waals surface area (Å²) in [5.74, 6) is 0.482. The van der Waals surface area contributed by atoms with E-state index in [0.717, 1.165) is 5.69 Å². The monoisotopic (exact) mass is 368 g/mol. The van der Waals surface area contributed by atoms with E-state index < -0.39 is 6.10 Å². The Labute approximate surface area is 158 Å². The van der Waals surface area contributed by atoms with Crippen molar-refractivity contribution >= 4 is 29.1 Å². The van der Waals surface area contributed by atoms with Crippen LogP contribution in [0.5, 0.6) is 5.75 Å². The maximum Gasteiger partial charge on any atom is 0.270 e. The maximum atomic E-state index is 13.0. The van der Waals surface area contributed by atoms with Crippen LogP contribution < -0.4 is 20.3 Å². The lowest BCUT2D eigenvalue weighted by molar-refractivity contribution is -0.130. The smallest absolute Gasteiger partial charge is 0.270 e. The van der Waals surface area contributed by atoms with Gasteiger partial charge in [-0.3, -0.25) is 14.5 Å². The van der Waals surface area contributed by atoms with E-state index in [4.69, 9.17) is 10.5 Å². The minimum atomic E-state index is -0.664. The van der Waals surface area contributed by atoms with Gasteiger partial charge in [-0.2, -0.15) is 0 Å². The summed E-state index contributed by atoms with van der Waals surface area (Å²) in [5.41, 5.74) is 6.58. The number of carbonyl (C=O) groups is 2. The predicted octanol–water partition coefficient (Wildman–Crippen LogP) is 2.47. The number of benzene rings is 1. The molecule has 1 aromatic heterocycles. The van der Waals surface area contributed by atoms with Crippen LogP contribution in [0.15, 0.2) is 42.5 Å². The summed E-state index contributed by atoms with van der Waals surface area (Å²) in [5, 5.41) is 0. The molecule has 142 valence electrons. The number of nitrogens with zero attached hydrogens (tertiary/aromatic N) is 3. The van der Waals surface area contributed by atoms with Gasteiger partial charge in [0.1, 0.15) is 12.4 Å². The van der Waals surface area contributed by atoms with Crippen LogP contribution in [0.25, 0.3) is 0 Å². The molecule has 1 aliphatic rings. The molecule has 2 heterocycles. The number of amides is 2. The van der Waals surface area contributed by atoms with E-state index >= 15 is 0 Å². The fraction of sp³-hybridized carbons (Fsp3) is 0.350. The zero-order valence-electron chi connectivity index (χ0n) is 15.8. The van der Waals surface area contributed by atoms with Crippen LogP contribution in [-0.2, 0) is 9.59 Å². The number of aromatic nitrogens is 1. The Kier molecular flexibility index (Phi) is 5.30. The summed E-state index contributed by atoms with van der Waals surface area (Å²) in [6.45, 7) is 6.07. The molecule has 0 spiro atoms. The Bertz CT molecular complexity index is 838. The maximum absolute atomic E-state index is 13.0. The van der Waals surface area contributed by atoms with E-state index in [9.17, 15) is 9.59 Å². The summed E-state index contributed by atoms with van der Waals surface area (Å²) in [6.07, 6.45) is -0.664. The van der Waals surface area contributed by atoms with Gasteiger partial charge in [-0.05, 0) is 37.1 Å². The standard InChI is InChI=1S/C20H24N4O3/c1-4-23(14-8-6-5-7-9-14)17(25)12-24-19-15(10-11-16(21)22-19)27-18(13(2)3)20(24)26/h5-11,13,18H,4,12H2,1-3H3,(H2,21,22). The highest BCUT2D eigenvalue weighted by Gasteiger charge is 2.38. The first-order valence-corrected chi connectivity index (χ1v) is 9.02. The zero-order chi connectivity index (χ0) is 19.6. The number of ether oxygens (including phenoxy) is 1. The number of pyridine rings is 1. The minimum absolute atomic E-state index is 0.0443. The first-order valence-electron chi connectivity index (χ1n) is 9.02. The molecule has 0 fully saturated rings. The van der Waals surface area contributed by atoms with Crippen molar-refractivity contribution in [2.45, 2.75) is 26.9 Å². The molecule has 7 nitrogen and oxygen atoms in total. The third kappa shape index (κ3) is 3.72. The number of hydrogen-bond acceptors (Lipinski definition) is 5. The number of likely N-dealkylation sites (N-methyl/N-ethyl adjacent to an activating group) is 1. The molecule has 0 saturated heterocycles. The molecule has 3 rings (SSSR count). The minimum Gasteiger partial charge on any atom is -0.476 e. The van der Waals surface area contributed by atoms with Crippen LogP contribution in [0.1, 0.15) is 20.8 Å². The molecule has 2 amide bonds. The van der Waals surface area contributed by atoms with E-state index in [-0.39, 0.29) is 35.9 Å². The van der Waals surface area contributed by atoms with Crippen molar-refractivity contribution in [1.82, 2.24) is 4.98 Å². The highest BCUT2D eigenvalue weighted by molar-refractivity contribution is 6.06. The normalized spacial score (nSPS) is 16.1. The van der Waals surface area contributed by atoms with E-state index in [1.807, 2.05) is 51.1 Å². The van der Waals surface area contributed by atoms with Gasteiger partial charge in [-0.25, -0.2) is 4.98 Å². The number of fused-ring (bicyclic) bond motifs is 1. The second-order valence-electron chi connectivity index (χ2n) is 6.74. The van der Waals surface area contributed by atoms with Crippen molar-refractivity contribution in [3.05, 3.63) is 42.5 Å². The molecule has 2 aromatic rings. The number of para-hydroxylation sites is 1. The Hall–Kier alpha value is -3.09. The lowest BCUT2D eigenvalue weighted by Gasteiger charge is -2.35. The Morgan fingerprint density at radius 3 is 2.59 bits per heavy atom. The fourth-order valence-electron chi connectivity index (χ4n) is 3.09. The van der Waals surface area contributed by atoms with Gasteiger partial charge in [0.15, 0.2) is 17.7 Å². The van der Waals surface area contributed by atoms with Crippen LogP contribution in [0.2, 0.25) is 0 Å². The summed E-state index contributed by atoms with van der Waals surface area (Å²) >= 11 is 0. The Balaban J connectivity index is 1.93. The number of nitrogens with two attached hydrogens (primary N) is 1. The van der Waals surface area contributed by atoms with Gasteiger partial charge in [0.05, 0.1) is 0 Å². The van der Waals surface area contributed by atoms with Crippen molar-refractivity contribution in [1.29, 1.82) is 0 Å². The van der Waals surface area contributed by atoms with E-state index in [0.29, 0.717) is 12.3 Å². The predicted molar refractivity (Wildman–Crippen MR) is 105 cm³/mol. The first kappa shape index (κ1) is 18.7. The quantitative estimate of drug-likeness (QED) is 0.876. The van der Waals surface area contributed by atoms with E-state index in [2.05, 4.69) is 4.98 Å². The number of nitrogen functional groups attached to an aromatic ring is 1. The molecule has 0 radical (unpaired) electrons. The van der Waals surface area contributed by atoms with Crippen LogP contribution in [0, 0.1) is 5.92 Å². The summed E-state index contributed by atoms with van der Waals surface area (Å²) in [4.78, 5) is 33.2. The summed E-state index contributed by atoms with van der Waals surface area (Å²) in [7, 11) is 0. The van der Waals surface area contributed by atoms with Crippen molar-refractivity contribution in [2.24, 2.45) is 5.92 Å². The van der Waals surface area contributed by atoms with Crippen molar-refractivity contribution in [3.63, 3.8) is 0 Å². The molecule has 1 aliphatic heterocycles. The Morgan fingerprint density at radius 2 is 1.96 bits per heavy atom. The molecule has 7 heteroatoms. The van der Waals surface area contributed by atoms with Crippen molar-refractivity contribution < 1.29 is 14.3 Å². The second-order valence-corrected chi connectivity index (χ2v) is 6.74. The summed E-state index contributed by atoms with van der Waals surface area (Å²) < 4.78 is 5.81. The van der Waals surface area contributed by atoms with Crippen molar-refractivity contribution in [3.8, 4) is 5.75 Å². The zero-order valence-corrected chi connectivity index (χ0v) is 15.8. The molecule has 2 N–H and O–H groups in total. The molecule has 1 unspecified atom stereocenters. The fourth-order valence-corrected chi connectivity index (χ4v) is 3.09. The number of rotatable bonds is 5. The molecule has 0 bridgehead atoms. The molecular formula is C20H24N4O3. The molecule has 0 saturated carbocycles. The SMILES string of the molecule is CCN(C(=O)CN1C(=O)C(C(C)C)Oc2ccc(N)nc21)c1ccccc1. The molecule has 27 heavy (non-hydrogen) atoms. The number of anilines is 3. The molecule has 0 aliphatic carbocycles. The van der Waals surface area contributed by atoms with E-state index in [1.165, 1.54) is 4.90 Å². The topological polar surface area (TPSA) is 88.8 Å². The van der Waals surface area contributed by atoms with Crippen molar-refractivity contribution in [2.75, 3.05) is 28.6 Å². The Morgan fingerprint density at radius 1 is 1.26 bits per heavy atom. The van der Waals surface area contributed by atoms with Gasteiger partial charge in [0, 0.05) is 12.2 Å². The average molecular weight is 368 g/mol. The average Bonchev–Trinajstić information content (AvgIpc) is 2.65. The van der Waals surface area contributed by atoms with Crippen LogP contribution >= 0.6 is 0 Å². The largest absolute Gasteiger partial charge is 0.476 e. The lowest BCUT2D eigenvalue weighted by atomic mass is 10.0. The van der Waals surface area contributed by atoms with Gasteiger partial charge in [-0.15, -0.1) is 0 Å². The second kappa shape index (κ2) is 7.65. The lowest BCUT2D eigenvalue weighted by Crippen LogP contribution is -2.52. The van der Waals surface area contributed by atoms with Gasteiger partial charge >= 0.3 is 0 Å². The van der Waals surface area contributed by atoms with Crippen LogP contribution in [-0.4, -0.2) is 36.0 Å². The molecular weight excluding hydrogens is 344 g/mol. The van der Waals surface area contributed by atoms with Gasteiger partial charge in [0.2, 0.25) is 5.91 Å². The van der Waals surface area contributed by atoms with Crippen LogP contribution in [0.4, 0.5) is 17.3 Å². The van der Waals surface area contributed by atoms with Gasteiger partial charge < -0.3 is 15.4 Å². The molecule has 1 atom stereocenters. The van der Waals surface area contributed by atoms with Crippen LogP contribution in [0.3, 0.4) is 0 Å².